The van der Waals surface area contributed by atoms with E-state index >= 15 is 4.39 Å². The molecule has 7 rings (SSSR count). The van der Waals surface area contributed by atoms with E-state index in [1.807, 2.05) is 0 Å². The molecule has 0 saturated carbocycles. The number of hydrogen-bond acceptors (Lipinski definition) is 8. The highest BCUT2D eigenvalue weighted by Gasteiger charge is 2.36. The maximum atomic E-state index is 15.2. The van der Waals surface area contributed by atoms with Crippen molar-refractivity contribution in [1.29, 1.82) is 0 Å². The number of carbonyl (C=O) groups excluding carboxylic acids is 4. The van der Waals surface area contributed by atoms with Gasteiger partial charge in [0.1, 0.15) is 19.0 Å². The number of rotatable bonds is 7. The molecule has 4 heterocycles. The number of amides is 3. The summed E-state index contributed by atoms with van der Waals surface area (Å²) in [5, 5.41) is 8.68. The molecule has 1 aliphatic carbocycles. The summed E-state index contributed by atoms with van der Waals surface area (Å²) in [7, 11) is 0. The number of aryl methyl sites for hydroxylation is 1. The monoisotopic (exact) mass is 651 g/mol. The first kappa shape index (κ1) is 30.8. The third-order valence-corrected chi connectivity index (χ3v) is 9.13. The van der Waals surface area contributed by atoms with Crippen LogP contribution in [0.15, 0.2) is 47.3 Å². The number of anilines is 1. The molecule has 1 unspecified atom stereocenters. The van der Waals surface area contributed by atoms with Crippen LogP contribution in [-0.2, 0) is 50.0 Å². The molecule has 4 aromatic rings. The van der Waals surface area contributed by atoms with E-state index in [0.717, 1.165) is 22.1 Å². The molecule has 3 amide bonds. The Bertz CT molecular complexity index is 2160. The number of pyridine rings is 2. The Morgan fingerprint density at radius 3 is 2.69 bits per heavy atom. The Labute approximate surface area is 272 Å². The zero-order valence-electron chi connectivity index (χ0n) is 26.1. The number of hydrogen-bond donors (Lipinski definition) is 3. The molecule has 2 aromatic heterocycles. The first-order chi connectivity index (χ1) is 23.2. The van der Waals surface area contributed by atoms with Gasteiger partial charge in [0.2, 0.25) is 12.3 Å². The molecule has 1 atom stereocenters. The number of allylic oxidation sites excluding steroid dienone is 1. The third-order valence-electron chi connectivity index (χ3n) is 9.13. The summed E-state index contributed by atoms with van der Waals surface area (Å²) in [4.78, 5) is 66.5. The number of ether oxygens (including phenoxy) is 2. The zero-order chi connectivity index (χ0) is 33.7. The molecule has 3 N–H and O–H groups in total. The van der Waals surface area contributed by atoms with E-state index in [9.17, 15) is 24.0 Å². The van der Waals surface area contributed by atoms with Crippen molar-refractivity contribution < 1.29 is 33.0 Å². The lowest BCUT2D eigenvalue weighted by Gasteiger charge is -2.29. The molecule has 0 bridgehead atoms. The van der Waals surface area contributed by atoms with E-state index in [4.69, 9.17) is 14.5 Å². The highest BCUT2D eigenvalue weighted by atomic mass is 19.1. The van der Waals surface area contributed by atoms with Crippen molar-refractivity contribution in [2.75, 3.05) is 11.9 Å². The van der Waals surface area contributed by atoms with E-state index in [1.165, 1.54) is 6.07 Å². The SMILES string of the molecule is C/C=C1\C(=O)OCc2c1cc1n(c2=O)Cc2c-1nc1cc(F)c(C)c3c1c2C(NC(=O)OCc1ccc(NC(=O)CNC=O)cc1)CC3. The second-order valence-corrected chi connectivity index (χ2v) is 11.9. The van der Waals surface area contributed by atoms with Gasteiger partial charge in [-0.2, -0.15) is 0 Å². The summed E-state index contributed by atoms with van der Waals surface area (Å²) < 4.78 is 27.6. The molecule has 0 radical (unpaired) electrons. The van der Waals surface area contributed by atoms with Crippen LogP contribution in [0.5, 0.6) is 0 Å². The van der Waals surface area contributed by atoms with Gasteiger partial charge in [-0.1, -0.05) is 18.2 Å². The number of nitrogens with one attached hydrogen (secondary N) is 3. The number of carbonyl (C=O) groups is 4. The molecule has 244 valence electrons. The van der Waals surface area contributed by atoms with Crippen molar-refractivity contribution in [1.82, 2.24) is 20.2 Å². The summed E-state index contributed by atoms with van der Waals surface area (Å²) in [6, 6.07) is 9.37. The van der Waals surface area contributed by atoms with Crippen molar-refractivity contribution in [3.05, 3.63) is 97.6 Å². The lowest BCUT2D eigenvalue weighted by atomic mass is 9.82. The van der Waals surface area contributed by atoms with Gasteiger partial charge in [0.25, 0.3) is 5.56 Å². The molecule has 0 spiro atoms. The Balaban J connectivity index is 1.19. The minimum Gasteiger partial charge on any atom is -0.457 e. The molecule has 0 fully saturated rings. The Morgan fingerprint density at radius 1 is 1.15 bits per heavy atom. The second-order valence-electron chi connectivity index (χ2n) is 11.9. The number of halogens is 1. The predicted octanol–water partition coefficient (Wildman–Crippen LogP) is 3.93. The van der Waals surface area contributed by atoms with Crippen LogP contribution in [0, 0.1) is 12.7 Å². The number of nitrogens with zero attached hydrogens (tertiary/aromatic N) is 2. The number of alkyl carbamates (subject to hydrolysis) is 1. The average molecular weight is 652 g/mol. The van der Waals surface area contributed by atoms with Gasteiger partial charge >= 0.3 is 12.1 Å². The normalized spacial score (nSPS) is 16.4. The predicted molar refractivity (Wildman–Crippen MR) is 172 cm³/mol. The van der Waals surface area contributed by atoms with Crippen LogP contribution in [0.3, 0.4) is 0 Å². The van der Waals surface area contributed by atoms with E-state index in [0.29, 0.717) is 69.7 Å². The fourth-order valence-corrected chi connectivity index (χ4v) is 6.82. The summed E-state index contributed by atoms with van der Waals surface area (Å²) >= 11 is 0. The fraction of sp³-hybridized carbons (Fsp3) is 0.257. The maximum absolute atomic E-state index is 15.2. The maximum Gasteiger partial charge on any atom is 0.407 e. The van der Waals surface area contributed by atoms with Crippen molar-refractivity contribution >= 4 is 46.5 Å². The van der Waals surface area contributed by atoms with Crippen molar-refractivity contribution in [3.63, 3.8) is 0 Å². The van der Waals surface area contributed by atoms with E-state index in [2.05, 4.69) is 16.0 Å². The number of esters is 1. The van der Waals surface area contributed by atoms with Crippen LogP contribution in [-0.4, -0.2) is 40.5 Å². The first-order valence-electron chi connectivity index (χ1n) is 15.4. The van der Waals surface area contributed by atoms with Crippen LogP contribution in [0.1, 0.15) is 58.3 Å². The lowest BCUT2D eigenvalue weighted by Crippen LogP contribution is -2.32. The van der Waals surface area contributed by atoms with Crippen molar-refractivity contribution in [2.24, 2.45) is 0 Å². The molecule has 3 aliphatic rings. The van der Waals surface area contributed by atoms with Crippen molar-refractivity contribution in [2.45, 2.75) is 52.5 Å². The second kappa shape index (κ2) is 12.1. The minimum atomic E-state index is -0.658. The van der Waals surface area contributed by atoms with Crippen LogP contribution in [0.2, 0.25) is 0 Å². The molecule has 0 saturated heterocycles. The van der Waals surface area contributed by atoms with Gasteiger partial charge in [-0.25, -0.2) is 19.0 Å². The van der Waals surface area contributed by atoms with Gasteiger partial charge in [0.05, 0.1) is 47.2 Å². The molecular weight excluding hydrogens is 621 g/mol. The minimum absolute atomic E-state index is 0.0370. The topological polar surface area (TPSA) is 158 Å². The largest absolute Gasteiger partial charge is 0.457 e. The third kappa shape index (κ3) is 5.17. The Kier molecular flexibility index (Phi) is 7.74. The molecule has 13 heteroatoms. The number of cyclic esters (lactones) is 1. The van der Waals surface area contributed by atoms with Gasteiger partial charge in [-0.05, 0) is 67.1 Å². The van der Waals surface area contributed by atoms with Crippen molar-refractivity contribution in [3.8, 4) is 11.4 Å². The van der Waals surface area contributed by atoms with E-state index < -0.39 is 18.1 Å². The summed E-state index contributed by atoms with van der Waals surface area (Å²) in [5.74, 6) is -1.27. The molecule has 2 aliphatic heterocycles. The summed E-state index contributed by atoms with van der Waals surface area (Å²) in [6.45, 7) is 3.29. The quantitative estimate of drug-likeness (QED) is 0.136. The molecule has 48 heavy (non-hydrogen) atoms. The number of aromatic nitrogens is 2. The van der Waals surface area contributed by atoms with Gasteiger partial charge in [-0.3, -0.25) is 14.4 Å². The van der Waals surface area contributed by atoms with Crippen LogP contribution in [0.4, 0.5) is 14.9 Å². The molecule has 12 nitrogen and oxygen atoms in total. The van der Waals surface area contributed by atoms with E-state index in [-0.39, 0.29) is 43.6 Å². The zero-order valence-corrected chi connectivity index (χ0v) is 26.1. The van der Waals surface area contributed by atoms with Crippen LogP contribution in [0.25, 0.3) is 27.9 Å². The smallest absolute Gasteiger partial charge is 0.407 e. The number of fused-ring (bicyclic) bond motifs is 5. The highest BCUT2D eigenvalue weighted by molar-refractivity contribution is 6.18. The van der Waals surface area contributed by atoms with Gasteiger partial charge in [0.15, 0.2) is 0 Å². The Hall–Kier alpha value is -5.85. The average Bonchev–Trinajstić information content (AvgIpc) is 3.44. The number of benzene rings is 2. The molecule has 2 aromatic carbocycles. The highest BCUT2D eigenvalue weighted by Crippen LogP contribution is 2.45. The molecular formula is C35H30FN5O7. The Morgan fingerprint density at radius 2 is 1.94 bits per heavy atom. The summed E-state index contributed by atoms with van der Waals surface area (Å²) in [6.07, 6.45) is 2.36. The van der Waals surface area contributed by atoms with E-state index in [1.54, 1.807) is 54.8 Å². The van der Waals surface area contributed by atoms with Gasteiger partial charge < -0.3 is 30.0 Å². The van der Waals surface area contributed by atoms with Gasteiger partial charge in [-0.15, -0.1) is 0 Å². The first-order valence-corrected chi connectivity index (χ1v) is 15.4. The van der Waals surface area contributed by atoms with Crippen LogP contribution >= 0.6 is 0 Å². The summed E-state index contributed by atoms with van der Waals surface area (Å²) in [5.41, 5.74) is 6.34. The van der Waals surface area contributed by atoms with Crippen LogP contribution < -0.4 is 21.5 Å². The lowest BCUT2D eigenvalue weighted by molar-refractivity contribution is -0.138. The fourth-order valence-electron chi connectivity index (χ4n) is 6.82. The van der Waals surface area contributed by atoms with Gasteiger partial charge in [0, 0.05) is 28.3 Å². The standard InChI is InChI=1S/C35H30FN5O7/c1-3-20-22-10-28-32-23(13-41(28)33(44)24(22)15-47-34(20)45)31-26(9-8-21-17(2)25(36)11-27(39-32)30(21)31)40-35(46)48-14-18-4-6-19(7-5-18)38-29(43)12-37-16-42/h3-7,10-11,16,26H,8-9,12-15H2,1-2H3,(H,37,42)(H,38,43)(H,40,46)/b20-3-.